The molecule has 0 rings (SSSR count). The van der Waals surface area contributed by atoms with E-state index < -0.39 is 34.2 Å². The highest BCUT2D eigenvalue weighted by atomic mass is 16.4. The number of hydrogen-bond acceptors (Lipinski definition) is 8. The van der Waals surface area contributed by atoms with Gasteiger partial charge in [-0.15, -0.1) is 10.2 Å². The van der Waals surface area contributed by atoms with Gasteiger partial charge in [0.05, 0.1) is 31.5 Å². The Bertz CT molecular complexity index is 871. The minimum absolute atomic E-state index is 0.0176. The fourth-order valence-electron chi connectivity index (χ4n) is 1.45. The van der Waals surface area contributed by atoms with Gasteiger partial charge in [0.1, 0.15) is 0 Å². The number of nitrogens with zero attached hydrogens (tertiary/aromatic N) is 8. The van der Waals surface area contributed by atoms with Crippen molar-refractivity contribution in [3.05, 3.63) is 22.8 Å². The fraction of sp³-hybridized carbons (Fsp3) is 0.700. The van der Waals surface area contributed by atoms with E-state index in [2.05, 4.69) is 30.1 Å². The van der Waals surface area contributed by atoms with E-state index in [4.69, 9.17) is 33.9 Å². The highest BCUT2D eigenvalue weighted by Crippen LogP contribution is 2.23. The van der Waals surface area contributed by atoms with E-state index in [1.807, 2.05) is 6.07 Å². The van der Waals surface area contributed by atoms with Gasteiger partial charge >= 0.3 is 23.3 Å². The molecule has 172 valence electrons. The summed E-state index contributed by atoms with van der Waals surface area (Å²) >= 11 is 0. The number of carboxylic acids is 2. The van der Waals surface area contributed by atoms with Gasteiger partial charge in [-0.05, 0) is 27.2 Å². The third-order valence-corrected chi connectivity index (χ3v) is 3.86. The van der Waals surface area contributed by atoms with Gasteiger partial charge in [0.25, 0.3) is 0 Å². The molecule has 2 unspecified atom stereocenters. The first-order chi connectivity index (χ1) is 14.5. The lowest BCUT2D eigenvalue weighted by molar-refractivity contribution is -0.145. The summed E-state index contributed by atoms with van der Waals surface area (Å²) in [5, 5.41) is 49.8. The highest BCUT2D eigenvalue weighted by molar-refractivity contribution is 5.77. The van der Waals surface area contributed by atoms with Gasteiger partial charge in [0.2, 0.25) is 0 Å². The number of rotatable bonds is 10. The topological polar surface area (TPSA) is 180 Å². The first kappa shape index (κ1) is 30.3. The smallest absolute Gasteiger partial charge is 0.338 e. The Kier molecular flexibility index (Phi) is 12.0. The van der Waals surface area contributed by atoms with Crippen molar-refractivity contribution in [1.29, 1.82) is 10.5 Å². The molecule has 0 saturated carbocycles. The van der Waals surface area contributed by atoms with Crippen molar-refractivity contribution < 1.29 is 19.8 Å². The molecule has 0 amide bonds. The number of hydrogen-bond donors (Lipinski definition) is 2. The van der Waals surface area contributed by atoms with Gasteiger partial charge < -0.3 is 10.2 Å². The maximum absolute atomic E-state index is 10.9. The van der Waals surface area contributed by atoms with E-state index in [0.717, 1.165) is 0 Å². The van der Waals surface area contributed by atoms with Crippen molar-refractivity contribution in [3.8, 4) is 12.1 Å². The van der Waals surface area contributed by atoms with Gasteiger partial charge in [-0.2, -0.15) is 20.8 Å². The lowest BCUT2D eigenvalue weighted by Gasteiger charge is -2.14. The van der Waals surface area contributed by atoms with Crippen LogP contribution in [0.25, 0.3) is 9.69 Å². The predicted molar refractivity (Wildman–Crippen MR) is 113 cm³/mol. The van der Waals surface area contributed by atoms with Crippen molar-refractivity contribution in [1.82, 2.24) is 0 Å². The molecule has 2 N–H and O–H groups in total. The molecule has 0 aliphatic carbocycles. The van der Waals surface area contributed by atoms with Crippen LogP contribution in [0.5, 0.6) is 0 Å². The molecule has 0 aliphatic heterocycles. The van der Waals surface area contributed by atoms with Crippen LogP contribution < -0.4 is 0 Å². The lowest BCUT2D eigenvalue weighted by atomic mass is 9.89. The highest BCUT2D eigenvalue weighted by Gasteiger charge is 2.33. The Morgan fingerprint density at radius 3 is 1.84 bits per heavy atom. The number of aliphatic carboxylic acids is 2. The fourth-order valence-corrected chi connectivity index (χ4v) is 1.45. The summed E-state index contributed by atoms with van der Waals surface area (Å²) in [6.07, 6.45) is -0.220. The first-order valence-electron chi connectivity index (χ1n) is 9.39. The van der Waals surface area contributed by atoms with Crippen molar-refractivity contribution in [3.63, 3.8) is 0 Å². The molecule has 0 saturated heterocycles. The predicted octanol–water partition coefficient (Wildman–Crippen LogP) is 4.34. The third-order valence-electron chi connectivity index (χ3n) is 3.86. The van der Waals surface area contributed by atoms with E-state index in [1.165, 1.54) is 13.8 Å². The molecule has 0 bridgehead atoms. The first-order valence-corrected chi connectivity index (χ1v) is 9.39. The number of carboxylic acid groups (broad SMARTS) is 2. The van der Waals surface area contributed by atoms with Crippen LogP contribution in [0.3, 0.4) is 0 Å². The van der Waals surface area contributed by atoms with Crippen molar-refractivity contribution >= 4 is 11.9 Å². The molecule has 0 heterocycles. The molecule has 0 spiro atoms. The average molecular weight is 444 g/mol. The normalized spacial score (nSPS) is 15.1. The van der Waals surface area contributed by atoms with Gasteiger partial charge in [-0.3, -0.25) is 19.3 Å². The minimum Gasteiger partial charge on any atom is -0.481 e. The van der Waals surface area contributed by atoms with E-state index in [9.17, 15) is 9.59 Å². The van der Waals surface area contributed by atoms with E-state index in [0.29, 0.717) is 0 Å². The van der Waals surface area contributed by atoms with Gasteiger partial charge in [0, 0.05) is 20.8 Å². The summed E-state index contributed by atoms with van der Waals surface area (Å²) in [6, 6.07) is 3.66. The van der Waals surface area contributed by atoms with Crippen LogP contribution in [0.1, 0.15) is 60.8 Å². The van der Waals surface area contributed by atoms with E-state index in [-0.39, 0.29) is 25.8 Å². The molecule has 2 atom stereocenters. The molecule has 12 nitrogen and oxygen atoms in total. The Morgan fingerprint density at radius 1 is 0.906 bits per heavy atom. The molecule has 32 heavy (non-hydrogen) atoms. The van der Waals surface area contributed by atoms with Crippen LogP contribution in [-0.4, -0.2) is 45.6 Å². The SMILES string of the molecule is [C-]#[N+]C(C)(C)N=NC(C)(C)C#N.[C-]#[N+]C(C)(CCC(=O)O)N=NCCC(C)(C#N)C(=O)O. The number of carbonyl (C=O) groups is 2. The number of azo groups is 2. The lowest BCUT2D eigenvalue weighted by Crippen LogP contribution is -2.26. The second kappa shape index (κ2) is 12.7. The third kappa shape index (κ3) is 12.6. The van der Waals surface area contributed by atoms with Gasteiger partial charge in [-0.25, -0.2) is 13.1 Å². The molecule has 0 aliphatic rings. The van der Waals surface area contributed by atoms with Crippen molar-refractivity contribution in [2.75, 3.05) is 6.54 Å². The van der Waals surface area contributed by atoms with Crippen LogP contribution in [0.15, 0.2) is 20.5 Å². The summed E-state index contributed by atoms with van der Waals surface area (Å²) in [5.41, 5.74) is -4.50. The molecule has 0 aromatic rings. The largest absolute Gasteiger partial charge is 0.481 e. The summed E-state index contributed by atoms with van der Waals surface area (Å²) in [5.74, 6) is -2.27. The maximum Gasteiger partial charge on any atom is 0.338 e. The maximum atomic E-state index is 10.9. The molecule has 0 aromatic carbocycles. The van der Waals surface area contributed by atoms with Crippen LogP contribution >= 0.6 is 0 Å². The summed E-state index contributed by atoms with van der Waals surface area (Å²) < 4.78 is 0. The summed E-state index contributed by atoms with van der Waals surface area (Å²) in [6.45, 7) is 23.1. The van der Waals surface area contributed by atoms with Gasteiger partial charge in [0.15, 0.2) is 11.0 Å². The summed E-state index contributed by atoms with van der Waals surface area (Å²) in [4.78, 5) is 27.8. The second-order valence-electron chi connectivity index (χ2n) is 8.16. The quantitative estimate of drug-likeness (QED) is 0.373. The van der Waals surface area contributed by atoms with Crippen molar-refractivity contribution in [2.45, 2.75) is 77.7 Å². The van der Waals surface area contributed by atoms with Gasteiger partial charge in [-0.1, -0.05) is 0 Å². The number of nitriles is 2. The van der Waals surface area contributed by atoms with E-state index >= 15 is 0 Å². The van der Waals surface area contributed by atoms with Crippen molar-refractivity contribution in [2.24, 2.45) is 25.9 Å². The molecule has 0 radical (unpaired) electrons. The van der Waals surface area contributed by atoms with Crippen LogP contribution in [-0.2, 0) is 9.59 Å². The Labute approximate surface area is 187 Å². The second-order valence-corrected chi connectivity index (χ2v) is 8.16. The zero-order chi connectivity index (χ0) is 25.6. The van der Waals surface area contributed by atoms with Crippen LogP contribution in [0.2, 0.25) is 0 Å². The summed E-state index contributed by atoms with van der Waals surface area (Å²) in [7, 11) is 0. The molecule has 12 heteroatoms. The standard InChI is InChI=1S/C12H16N4O4.C8H12N4/c1-11(8-13,10(19)20)6-7-15-16-12(2,14-3)5-4-9(17)18;1-7(2,6-9)11-12-8(3,4)10-5/h4-7H2,1-2H3,(H,17,18)(H,19,20);1-4H3. The molecule has 0 aromatic heterocycles. The molecular formula is C20H28N8O4. The zero-order valence-corrected chi connectivity index (χ0v) is 19.1. The minimum atomic E-state index is -1.55. The Morgan fingerprint density at radius 2 is 1.47 bits per heavy atom. The Balaban J connectivity index is 0. The van der Waals surface area contributed by atoms with E-state index in [1.54, 1.807) is 33.8 Å². The van der Waals surface area contributed by atoms with Crippen LogP contribution in [0, 0.1) is 41.2 Å². The molecular weight excluding hydrogens is 416 g/mol. The van der Waals surface area contributed by atoms with Crippen LogP contribution in [0.4, 0.5) is 0 Å². The Hall–Kier alpha value is -3.90. The monoisotopic (exact) mass is 444 g/mol. The molecule has 0 fully saturated rings. The average Bonchev–Trinajstić information content (AvgIpc) is 2.74. The zero-order valence-electron chi connectivity index (χ0n) is 19.1.